The molecular formula is C19H13Cl2N3O. The summed E-state index contributed by atoms with van der Waals surface area (Å²) < 4.78 is 0. The fraction of sp³-hybridized carbons (Fsp3) is 0.158. The molecule has 2 N–H and O–H groups in total. The number of benzene rings is 2. The van der Waals surface area contributed by atoms with Crippen LogP contribution in [0.2, 0.25) is 10.0 Å². The number of aromatic amines is 1. The first-order valence-electron chi connectivity index (χ1n) is 8.07. The fourth-order valence-corrected chi connectivity index (χ4v) is 4.24. The van der Waals surface area contributed by atoms with Crippen molar-refractivity contribution < 1.29 is 4.79 Å². The van der Waals surface area contributed by atoms with Gasteiger partial charge in [0.2, 0.25) is 0 Å². The Morgan fingerprint density at radius 3 is 2.80 bits per heavy atom. The van der Waals surface area contributed by atoms with Gasteiger partial charge >= 0.3 is 0 Å². The van der Waals surface area contributed by atoms with Crippen molar-refractivity contribution in [3.63, 3.8) is 0 Å². The van der Waals surface area contributed by atoms with Crippen LogP contribution in [0.1, 0.15) is 29.9 Å². The Hall–Kier alpha value is -2.30. The third-order valence-corrected chi connectivity index (χ3v) is 5.77. The molecule has 25 heavy (non-hydrogen) atoms. The summed E-state index contributed by atoms with van der Waals surface area (Å²) in [6, 6.07) is 9.63. The van der Waals surface area contributed by atoms with E-state index >= 15 is 0 Å². The van der Waals surface area contributed by atoms with E-state index in [4.69, 9.17) is 23.2 Å². The minimum Gasteiger partial charge on any atom is -0.358 e. The number of halogens is 2. The van der Waals surface area contributed by atoms with Crippen LogP contribution in [0.3, 0.4) is 0 Å². The Bertz CT molecular complexity index is 1080. The highest BCUT2D eigenvalue weighted by molar-refractivity contribution is 6.42. The van der Waals surface area contributed by atoms with Crippen molar-refractivity contribution in [2.24, 2.45) is 0 Å². The molecule has 1 aliphatic carbocycles. The average Bonchev–Trinajstić information content (AvgIpc) is 3.22. The number of fused-ring (bicyclic) bond motifs is 3. The first-order chi connectivity index (χ1) is 12.1. The number of anilines is 1. The van der Waals surface area contributed by atoms with Crippen LogP contribution in [0.15, 0.2) is 47.8 Å². The number of carbonyl (C=O) groups excluding carboxylic acids is 1. The fourth-order valence-electron chi connectivity index (χ4n) is 3.93. The lowest BCUT2D eigenvalue weighted by Gasteiger charge is -2.29. The molecule has 5 rings (SSSR count). The molecule has 0 saturated carbocycles. The van der Waals surface area contributed by atoms with Crippen molar-refractivity contribution in [3.8, 4) is 0 Å². The molecule has 2 aliphatic rings. The Labute approximate surface area is 153 Å². The van der Waals surface area contributed by atoms with Gasteiger partial charge in [0.15, 0.2) is 5.78 Å². The van der Waals surface area contributed by atoms with Crippen LogP contribution in [0, 0.1) is 0 Å². The molecule has 1 unspecified atom stereocenters. The van der Waals surface area contributed by atoms with Crippen LogP contribution in [0.4, 0.5) is 5.69 Å². The van der Waals surface area contributed by atoms with Crippen molar-refractivity contribution in [2.75, 3.05) is 5.32 Å². The highest BCUT2D eigenvalue weighted by Crippen LogP contribution is 2.48. The Kier molecular flexibility index (Phi) is 3.21. The quantitative estimate of drug-likeness (QED) is 0.631. The van der Waals surface area contributed by atoms with E-state index in [0.717, 1.165) is 45.4 Å². The predicted molar refractivity (Wildman–Crippen MR) is 99.3 cm³/mol. The van der Waals surface area contributed by atoms with Crippen molar-refractivity contribution in [1.29, 1.82) is 0 Å². The van der Waals surface area contributed by atoms with E-state index < -0.39 is 0 Å². The van der Waals surface area contributed by atoms with Gasteiger partial charge in [0.25, 0.3) is 0 Å². The molecule has 1 aliphatic heterocycles. The van der Waals surface area contributed by atoms with Crippen molar-refractivity contribution in [3.05, 3.63) is 69.0 Å². The van der Waals surface area contributed by atoms with Crippen LogP contribution in [0.5, 0.6) is 0 Å². The zero-order valence-corrected chi connectivity index (χ0v) is 14.6. The molecule has 0 spiro atoms. The van der Waals surface area contributed by atoms with Gasteiger partial charge in [-0.2, -0.15) is 5.10 Å². The molecule has 3 aromatic rings. The molecule has 4 nitrogen and oxygen atoms in total. The summed E-state index contributed by atoms with van der Waals surface area (Å²) in [6.07, 6.45) is 3.10. The van der Waals surface area contributed by atoms with E-state index in [1.165, 1.54) is 0 Å². The monoisotopic (exact) mass is 369 g/mol. The van der Waals surface area contributed by atoms with E-state index in [-0.39, 0.29) is 11.7 Å². The number of nitrogens with zero attached hydrogens (tertiary/aromatic N) is 1. The summed E-state index contributed by atoms with van der Waals surface area (Å²) in [6.45, 7) is 0. The zero-order valence-electron chi connectivity index (χ0n) is 13.1. The van der Waals surface area contributed by atoms with E-state index in [0.29, 0.717) is 16.5 Å². The summed E-state index contributed by atoms with van der Waals surface area (Å²) >= 11 is 12.4. The number of nitrogens with one attached hydrogen (secondary N) is 2. The van der Waals surface area contributed by atoms with Gasteiger partial charge in [-0.1, -0.05) is 29.3 Å². The number of allylic oxidation sites excluding steroid dienone is 2. The second kappa shape index (κ2) is 5.35. The maximum absolute atomic E-state index is 12.6. The topological polar surface area (TPSA) is 57.8 Å². The molecule has 6 heteroatoms. The summed E-state index contributed by atoms with van der Waals surface area (Å²) in [7, 11) is 0. The molecule has 1 aromatic heterocycles. The standard InChI is InChI=1S/C19H13Cl2N3O/c20-11-2-1-9(7-12(11)21)17-18-10-8-22-24-13(10)3-4-14(18)23-15-5-6-16(25)19(15)17/h1-4,7-8,17,23H,5-6H2,(H,22,24). The number of carbonyl (C=O) groups is 1. The van der Waals surface area contributed by atoms with Gasteiger partial charge in [0, 0.05) is 34.7 Å². The number of rotatable bonds is 1. The minimum atomic E-state index is -0.169. The SMILES string of the molecule is O=C1CCC2=C1C(c1ccc(Cl)c(Cl)c1)c1c(ccc3[nH]ncc13)N2. The normalized spacial score (nSPS) is 19.1. The first kappa shape index (κ1) is 15.0. The number of hydrogen-bond acceptors (Lipinski definition) is 3. The largest absolute Gasteiger partial charge is 0.358 e. The van der Waals surface area contributed by atoms with Crippen LogP contribution in [0.25, 0.3) is 10.9 Å². The van der Waals surface area contributed by atoms with Gasteiger partial charge < -0.3 is 5.32 Å². The molecule has 124 valence electrons. The molecule has 0 fully saturated rings. The summed E-state index contributed by atoms with van der Waals surface area (Å²) in [5.74, 6) is 0.0158. The van der Waals surface area contributed by atoms with Gasteiger partial charge in [-0.15, -0.1) is 0 Å². The Morgan fingerprint density at radius 2 is 1.96 bits per heavy atom. The van der Waals surface area contributed by atoms with Crippen LogP contribution in [-0.2, 0) is 4.79 Å². The van der Waals surface area contributed by atoms with Crippen molar-refractivity contribution >= 4 is 45.6 Å². The maximum atomic E-state index is 12.6. The third kappa shape index (κ3) is 2.14. The first-order valence-corrected chi connectivity index (χ1v) is 8.83. The Balaban J connectivity index is 1.83. The van der Waals surface area contributed by atoms with Crippen molar-refractivity contribution in [1.82, 2.24) is 10.2 Å². The maximum Gasteiger partial charge on any atom is 0.161 e. The number of ketones is 1. The molecule has 0 saturated heterocycles. The van der Waals surface area contributed by atoms with Crippen LogP contribution < -0.4 is 5.32 Å². The van der Waals surface area contributed by atoms with E-state index in [1.807, 2.05) is 30.5 Å². The lowest BCUT2D eigenvalue weighted by Crippen LogP contribution is -2.19. The van der Waals surface area contributed by atoms with Crippen LogP contribution >= 0.6 is 23.2 Å². The summed E-state index contributed by atoms with van der Waals surface area (Å²) in [5, 5.41) is 12.6. The number of aromatic nitrogens is 2. The van der Waals surface area contributed by atoms with Gasteiger partial charge in [-0.05, 0) is 41.8 Å². The minimum absolute atomic E-state index is 0.169. The van der Waals surface area contributed by atoms with Gasteiger partial charge in [-0.3, -0.25) is 9.89 Å². The number of H-pyrrole nitrogens is 1. The molecule has 0 radical (unpaired) electrons. The average molecular weight is 370 g/mol. The third-order valence-electron chi connectivity index (χ3n) is 5.03. The van der Waals surface area contributed by atoms with E-state index in [1.54, 1.807) is 6.07 Å². The zero-order chi connectivity index (χ0) is 17.1. The van der Waals surface area contributed by atoms with Crippen LogP contribution in [-0.4, -0.2) is 16.0 Å². The second-order valence-corrected chi connectivity index (χ2v) is 7.22. The summed E-state index contributed by atoms with van der Waals surface area (Å²) in [5.41, 5.74) is 5.82. The highest BCUT2D eigenvalue weighted by atomic mass is 35.5. The van der Waals surface area contributed by atoms with Gasteiger partial charge in [-0.25, -0.2) is 0 Å². The lowest BCUT2D eigenvalue weighted by molar-refractivity contribution is -0.115. The Morgan fingerprint density at radius 1 is 1.08 bits per heavy atom. The molecule has 0 amide bonds. The van der Waals surface area contributed by atoms with Gasteiger partial charge in [0.1, 0.15) is 0 Å². The van der Waals surface area contributed by atoms with Gasteiger partial charge in [0.05, 0.1) is 21.8 Å². The van der Waals surface area contributed by atoms with E-state index in [9.17, 15) is 4.79 Å². The predicted octanol–water partition coefficient (Wildman–Crippen LogP) is 5.04. The molecule has 2 heterocycles. The summed E-state index contributed by atoms with van der Waals surface area (Å²) in [4.78, 5) is 12.6. The molecular weight excluding hydrogens is 357 g/mol. The van der Waals surface area contributed by atoms with Crippen molar-refractivity contribution in [2.45, 2.75) is 18.8 Å². The number of hydrogen-bond donors (Lipinski definition) is 2. The molecule has 2 aromatic carbocycles. The second-order valence-electron chi connectivity index (χ2n) is 6.40. The number of Topliss-reactive ketones (excluding diaryl/α,β-unsaturated/α-hetero) is 1. The van der Waals surface area contributed by atoms with E-state index in [2.05, 4.69) is 15.5 Å². The molecule has 0 bridgehead atoms. The highest BCUT2D eigenvalue weighted by Gasteiger charge is 2.37. The molecule has 1 atom stereocenters. The smallest absolute Gasteiger partial charge is 0.161 e. The lowest BCUT2D eigenvalue weighted by atomic mass is 9.79.